The van der Waals surface area contributed by atoms with Crippen molar-refractivity contribution in [2.45, 2.75) is 27.2 Å². The summed E-state index contributed by atoms with van der Waals surface area (Å²) in [7, 11) is 0. The lowest BCUT2D eigenvalue weighted by molar-refractivity contribution is -0.134. The lowest BCUT2D eigenvalue weighted by Crippen LogP contribution is -2.34. The van der Waals surface area contributed by atoms with E-state index in [-0.39, 0.29) is 17.8 Å². The van der Waals surface area contributed by atoms with Crippen LogP contribution in [0.5, 0.6) is 0 Å². The lowest BCUT2D eigenvalue weighted by Gasteiger charge is -2.31. The summed E-state index contributed by atoms with van der Waals surface area (Å²) in [5.41, 5.74) is 3.64. The van der Waals surface area contributed by atoms with E-state index in [0.717, 1.165) is 16.8 Å². The number of aryl methyl sites for hydroxylation is 2. The highest BCUT2D eigenvalue weighted by Gasteiger charge is 2.29. The molecule has 0 amide bonds. The predicted octanol–water partition coefficient (Wildman–Crippen LogP) is 2.44. The first-order chi connectivity index (χ1) is 8.91. The number of carboxylic acid groups (broad SMARTS) is 1. The van der Waals surface area contributed by atoms with Gasteiger partial charge in [0.25, 0.3) is 0 Å². The molecule has 0 fully saturated rings. The van der Waals surface area contributed by atoms with Crippen LogP contribution in [0.3, 0.4) is 0 Å². The Labute approximate surface area is 112 Å². The normalized spacial score (nSPS) is 15.9. The molecule has 1 heterocycles. The highest BCUT2D eigenvalue weighted by molar-refractivity contribution is 6.18. The van der Waals surface area contributed by atoms with Crippen molar-refractivity contribution in [3.8, 4) is 0 Å². The topological polar surface area (TPSA) is 57.6 Å². The summed E-state index contributed by atoms with van der Waals surface area (Å²) in [5, 5.41) is 9.15. The third-order valence-corrected chi connectivity index (χ3v) is 3.46. The first-order valence-electron chi connectivity index (χ1n) is 6.24. The molecule has 4 nitrogen and oxygen atoms in total. The fourth-order valence-electron chi connectivity index (χ4n) is 2.53. The number of anilines is 1. The Bertz CT molecular complexity index is 587. The molecule has 1 aromatic rings. The van der Waals surface area contributed by atoms with Gasteiger partial charge in [-0.05, 0) is 32.4 Å². The molecule has 0 saturated carbocycles. The van der Waals surface area contributed by atoms with E-state index >= 15 is 0 Å². The minimum atomic E-state index is -1.14. The molecule has 1 N–H and O–H groups in total. The van der Waals surface area contributed by atoms with Gasteiger partial charge in [-0.15, -0.1) is 0 Å². The number of hydrogen-bond donors (Lipinski definition) is 1. The number of Topliss-reactive ketones (excluding diaryl/α,β-unsaturated/α-hetero) is 1. The van der Waals surface area contributed by atoms with Gasteiger partial charge in [0.1, 0.15) is 5.57 Å². The van der Waals surface area contributed by atoms with E-state index in [0.29, 0.717) is 12.2 Å². The third kappa shape index (κ3) is 2.38. The Balaban J connectivity index is 2.51. The molecule has 0 atom stereocenters. The van der Waals surface area contributed by atoms with Crippen LogP contribution in [-0.4, -0.2) is 23.4 Å². The van der Waals surface area contributed by atoms with Crippen LogP contribution in [-0.2, 0) is 9.59 Å². The van der Waals surface area contributed by atoms with Gasteiger partial charge in [-0.25, -0.2) is 4.79 Å². The maximum Gasteiger partial charge on any atom is 0.341 e. The maximum absolute atomic E-state index is 11.7. The number of aliphatic carboxylic acids is 1. The summed E-state index contributed by atoms with van der Waals surface area (Å²) >= 11 is 0. The van der Waals surface area contributed by atoms with Gasteiger partial charge < -0.3 is 10.0 Å². The smallest absolute Gasteiger partial charge is 0.341 e. The quantitative estimate of drug-likeness (QED) is 0.829. The summed E-state index contributed by atoms with van der Waals surface area (Å²) in [6.07, 6.45) is 0.242. The molecule has 0 radical (unpaired) electrons. The number of rotatable bonds is 2. The molecule has 2 rings (SSSR count). The minimum absolute atomic E-state index is 0.0915. The van der Waals surface area contributed by atoms with Gasteiger partial charge >= 0.3 is 5.97 Å². The van der Waals surface area contributed by atoms with Gasteiger partial charge in [0.2, 0.25) is 0 Å². The van der Waals surface area contributed by atoms with Crippen molar-refractivity contribution in [2.24, 2.45) is 0 Å². The van der Waals surface area contributed by atoms with Crippen molar-refractivity contribution in [3.05, 3.63) is 40.6 Å². The standard InChI is InChI=1S/C15H17NO3/c1-9-4-5-12(10(2)8-9)16-7-6-13(17)14(11(16)3)15(18)19/h4-5,8H,6-7H2,1-3H3,(H,18,19). The van der Waals surface area contributed by atoms with E-state index in [1.54, 1.807) is 6.92 Å². The lowest BCUT2D eigenvalue weighted by atomic mass is 9.99. The van der Waals surface area contributed by atoms with E-state index in [9.17, 15) is 9.59 Å². The van der Waals surface area contributed by atoms with Crippen LogP contribution in [0, 0.1) is 13.8 Å². The van der Waals surface area contributed by atoms with Gasteiger partial charge in [0.05, 0.1) is 0 Å². The molecule has 0 aromatic heterocycles. The Hall–Kier alpha value is -2.10. The number of allylic oxidation sites excluding steroid dienone is 1. The first kappa shape index (κ1) is 13.3. The molecule has 0 spiro atoms. The fourth-order valence-corrected chi connectivity index (χ4v) is 2.53. The van der Waals surface area contributed by atoms with Gasteiger partial charge in [-0.2, -0.15) is 0 Å². The Morgan fingerprint density at radius 3 is 2.53 bits per heavy atom. The number of ketones is 1. The number of carbonyl (C=O) groups is 2. The first-order valence-corrected chi connectivity index (χ1v) is 6.24. The van der Waals surface area contributed by atoms with Crippen molar-refractivity contribution < 1.29 is 14.7 Å². The van der Waals surface area contributed by atoms with E-state index < -0.39 is 5.97 Å². The minimum Gasteiger partial charge on any atom is -0.477 e. The molecule has 4 heteroatoms. The Morgan fingerprint density at radius 2 is 1.95 bits per heavy atom. The van der Waals surface area contributed by atoms with Crippen molar-refractivity contribution in [3.63, 3.8) is 0 Å². The summed E-state index contributed by atoms with van der Waals surface area (Å²) < 4.78 is 0. The Morgan fingerprint density at radius 1 is 1.26 bits per heavy atom. The zero-order valence-electron chi connectivity index (χ0n) is 11.4. The average molecular weight is 259 g/mol. The largest absolute Gasteiger partial charge is 0.477 e. The highest BCUT2D eigenvalue weighted by atomic mass is 16.4. The Kier molecular flexibility index (Phi) is 3.42. The van der Waals surface area contributed by atoms with Crippen molar-refractivity contribution in [1.29, 1.82) is 0 Å². The van der Waals surface area contributed by atoms with Gasteiger partial charge in [-0.1, -0.05) is 17.7 Å². The third-order valence-electron chi connectivity index (χ3n) is 3.46. The van der Waals surface area contributed by atoms with Gasteiger partial charge in [0.15, 0.2) is 5.78 Å². The number of carboxylic acids is 1. The SMILES string of the molecule is CC1=C(C(=O)O)C(=O)CCN1c1ccc(C)cc1C. The maximum atomic E-state index is 11.7. The number of benzene rings is 1. The van der Waals surface area contributed by atoms with Crippen LogP contribution in [0.25, 0.3) is 0 Å². The summed E-state index contributed by atoms with van der Waals surface area (Å²) in [5.74, 6) is -1.43. The molecule has 0 aliphatic carbocycles. The van der Waals surface area contributed by atoms with Crippen molar-refractivity contribution in [2.75, 3.05) is 11.4 Å². The predicted molar refractivity (Wildman–Crippen MR) is 73.2 cm³/mol. The zero-order valence-corrected chi connectivity index (χ0v) is 11.4. The number of hydrogen-bond acceptors (Lipinski definition) is 3. The molecule has 0 bridgehead atoms. The molecule has 19 heavy (non-hydrogen) atoms. The molecule has 1 aromatic carbocycles. The highest BCUT2D eigenvalue weighted by Crippen LogP contribution is 2.29. The second kappa shape index (κ2) is 4.88. The van der Waals surface area contributed by atoms with E-state index in [2.05, 4.69) is 6.07 Å². The van der Waals surface area contributed by atoms with E-state index in [1.165, 1.54) is 0 Å². The van der Waals surface area contributed by atoms with Crippen molar-refractivity contribution >= 4 is 17.4 Å². The number of nitrogens with zero attached hydrogens (tertiary/aromatic N) is 1. The second-order valence-corrected chi connectivity index (χ2v) is 4.88. The average Bonchev–Trinajstić information content (AvgIpc) is 2.30. The van der Waals surface area contributed by atoms with Crippen LogP contribution in [0.1, 0.15) is 24.5 Å². The van der Waals surface area contributed by atoms with Crippen molar-refractivity contribution in [1.82, 2.24) is 0 Å². The molecular weight excluding hydrogens is 242 g/mol. The fraction of sp³-hybridized carbons (Fsp3) is 0.333. The van der Waals surface area contributed by atoms with E-state index in [1.807, 2.05) is 30.9 Å². The molecule has 1 aliphatic rings. The second-order valence-electron chi connectivity index (χ2n) is 4.88. The zero-order chi connectivity index (χ0) is 14.2. The van der Waals surface area contributed by atoms with Crippen LogP contribution < -0.4 is 4.90 Å². The molecule has 0 saturated heterocycles. The number of carbonyl (C=O) groups excluding carboxylic acids is 1. The molecule has 0 unspecified atom stereocenters. The molecule has 100 valence electrons. The van der Waals surface area contributed by atoms with Crippen LogP contribution in [0.4, 0.5) is 5.69 Å². The van der Waals surface area contributed by atoms with Crippen LogP contribution >= 0.6 is 0 Å². The summed E-state index contributed by atoms with van der Waals surface area (Å²) in [6.45, 7) is 6.24. The molecular formula is C15H17NO3. The van der Waals surface area contributed by atoms with Crippen LogP contribution in [0.2, 0.25) is 0 Å². The van der Waals surface area contributed by atoms with Crippen LogP contribution in [0.15, 0.2) is 29.5 Å². The van der Waals surface area contributed by atoms with Gasteiger partial charge in [-0.3, -0.25) is 4.79 Å². The summed E-state index contributed by atoms with van der Waals surface area (Å²) in [4.78, 5) is 24.8. The summed E-state index contributed by atoms with van der Waals surface area (Å²) in [6, 6.07) is 6.02. The molecule has 1 aliphatic heterocycles. The van der Waals surface area contributed by atoms with E-state index in [4.69, 9.17) is 5.11 Å². The van der Waals surface area contributed by atoms with Gasteiger partial charge in [0, 0.05) is 24.4 Å². The monoisotopic (exact) mass is 259 g/mol.